The smallest absolute Gasteiger partial charge is 0.258 e. The lowest BCUT2D eigenvalue weighted by Gasteiger charge is -2.28. The molecule has 1 fully saturated rings. The number of aliphatic hydroxyl groups excluding tert-OH is 1. The Bertz CT molecular complexity index is 800. The minimum atomic E-state index is -0.507. The van der Waals surface area contributed by atoms with Crippen molar-refractivity contribution in [3.63, 3.8) is 0 Å². The Hall–Kier alpha value is -2.05. The first-order valence-electron chi connectivity index (χ1n) is 8.05. The van der Waals surface area contributed by atoms with Crippen LogP contribution in [-0.4, -0.2) is 37.3 Å². The Balaban J connectivity index is 1.54. The summed E-state index contributed by atoms with van der Waals surface area (Å²) in [4.78, 5) is 14.3. The number of fused-ring (bicyclic) bond motifs is 1. The van der Waals surface area contributed by atoms with Crippen LogP contribution in [0.4, 0.5) is 0 Å². The summed E-state index contributed by atoms with van der Waals surface area (Å²) in [5, 5.41) is 25.0. The van der Waals surface area contributed by atoms with Crippen LogP contribution in [0.15, 0.2) is 24.3 Å². The molecular weight excluding hydrogens is 330 g/mol. The zero-order valence-electron chi connectivity index (χ0n) is 13.0. The number of rotatable bonds is 3. The third kappa shape index (κ3) is 2.76. The van der Waals surface area contributed by atoms with Crippen LogP contribution in [0.2, 0.25) is 5.02 Å². The SMILES string of the molecule is O=C(c1ccc(Cl)cc1O)N1CCn2nc([C@@H](O)C3CC3)cc2C1. The highest BCUT2D eigenvalue weighted by molar-refractivity contribution is 6.30. The van der Waals surface area contributed by atoms with E-state index in [0.29, 0.717) is 36.3 Å². The largest absolute Gasteiger partial charge is 0.507 e. The number of aromatic nitrogens is 2. The van der Waals surface area contributed by atoms with E-state index in [0.717, 1.165) is 18.5 Å². The van der Waals surface area contributed by atoms with Crippen LogP contribution < -0.4 is 0 Å². The second-order valence-corrected chi connectivity index (χ2v) is 6.89. The molecule has 1 amide bonds. The van der Waals surface area contributed by atoms with Gasteiger partial charge in [-0.05, 0) is 43.0 Å². The van der Waals surface area contributed by atoms with E-state index in [-0.39, 0.29) is 17.2 Å². The third-order valence-corrected chi connectivity index (χ3v) is 4.90. The lowest BCUT2D eigenvalue weighted by Crippen LogP contribution is -2.38. The van der Waals surface area contributed by atoms with Gasteiger partial charge in [0.05, 0.1) is 30.0 Å². The Morgan fingerprint density at radius 3 is 2.79 bits per heavy atom. The molecule has 0 radical (unpaired) electrons. The topological polar surface area (TPSA) is 78.6 Å². The quantitative estimate of drug-likeness (QED) is 0.893. The number of hydrogen-bond acceptors (Lipinski definition) is 4. The number of amides is 1. The molecular formula is C17H18ClN3O3. The van der Waals surface area contributed by atoms with Crippen LogP contribution in [0.5, 0.6) is 5.75 Å². The van der Waals surface area contributed by atoms with E-state index in [1.807, 2.05) is 10.7 Å². The van der Waals surface area contributed by atoms with E-state index in [2.05, 4.69) is 5.10 Å². The molecule has 6 nitrogen and oxygen atoms in total. The van der Waals surface area contributed by atoms with Crippen LogP contribution in [0.3, 0.4) is 0 Å². The van der Waals surface area contributed by atoms with Gasteiger partial charge >= 0.3 is 0 Å². The van der Waals surface area contributed by atoms with Crippen molar-refractivity contribution in [2.75, 3.05) is 6.54 Å². The molecule has 0 unspecified atom stereocenters. The highest BCUT2D eigenvalue weighted by Crippen LogP contribution is 2.40. The van der Waals surface area contributed by atoms with E-state index in [1.54, 1.807) is 11.0 Å². The van der Waals surface area contributed by atoms with Gasteiger partial charge in [-0.25, -0.2) is 0 Å². The number of benzene rings is 1. The minimum absolute atomic E-state index is 0.114. The van der Waals surface area contributed by atoms with E-state index in [4.69, 9.17) is 11.6 Å². The summed E-state index contributed by atoms with van der Waals surface area (Å²) in [5.41, 5.74) is 1.83. The van der Waals surface area contributed by atoms with Crippen molar-refractivity contribution in [1.82, 2.24) is 14.7 Å². The van der Waals surface area contributed by atoms with Crippen molar-refractivity contribution in [3.05, 3.63) is 46.2 Å². The standard InChI is InChI=1S/C17H18ClN3O3/c18-11-3-4-13(15(22)7-11)17(24)20-5-6-21-12(9-20)8-14(19-21)16(23)10-1-2-10/h3-4,7-8,10,16,22-23H,1-2,5-6,9H2/t16-/m0/s1. The predicted molar refractivity (Wildman–Crippen MR) is 87.8 cm³/mol. The minimum Gasteiger partial charge on any atom is -0.507 e. The average Bonchev–Trinajstić information content (AvgIpc) is 3.32. The van der Waals surface area contributed by atoms with Gasteiger partial charge in [0, 0.05) is 11.6 Å². The summed E-state index contributed by atoms with van der Waals surface area (Å²) in [6, 6.07) is 6.37. The lowest BCUT2D eigenvalue weighted by atomic mass is 10.1. The maximum Gasteiger partial charge on any atom is 0.258 e. The Kier molecular flexibility index (Phi) is 3.73. The number of nitrogens with zero attached hydrogens (tertiary/aromatic N) is 3. The molecule has 1 aliphatic heterocycles. The summed E-state index contributed by atoms with van der Waals surface area (Å²) in [7, 11) is 0. The Labute approximate surface area is 144 Å². The highest BCUT2D eigenvalue weighted by Gasteiger charge is 2.34. The van der Waals surface area contributed by atoms with Crippen LogP contribution >= 0.6 is 11.6 Å². The molecule has 1 atom stereocenters. The summed E-state index contributed by atoms with van der Waals surface area (Å²) in [5.74, 6) is -0.0250. The number of aliphatic hydroxyl groups is 1. The van der Waals surface area contributed by atoms with E-state index >= 15 is 0 Å². The molecule has 0 saturated heterocycles. The fraction of sp³-hybridized carbons (Fsp3) is 0.412. The van der Waals surface area contributed by atoms with Crippen molar-refractivity contribution in [2.24, 2.45) is 5.92 Å². The summed E-state index contributed by atoms with van der Waals surface area (Å²) < 4.78 is 1.85. The summed E-state index contributed by atoms with van der Waals surface area (Å²) in [6.45, 7) is 1.49. The summed E-state index contributed by atoms with van der Waals surface area (Å²) >= 11 is 5.82. The number of hydrogen-bond donors (Lipinski definition) is 2. The van der Waals surface area contributed by atoms with Gasteiger partial charge in [-0.2, -0.15) is 5.10 Å². The number of halogens is 1. The Morgan fingerprint density at radius 2 is 2.08 bits per heavy atom. The third-order valence-electron chi connectivity index (χ3n) is 4.67. The zero-order valence-corrected chi connectivity index (χ0v) is 13.8. The molecule has 2 aliphatic rings. The molecule has 1 saturated carbocycles. The predicted octanol–water partition coefficient (Wildman–Crippen LogP) is 2.34. The first-order valence-corrected chi connectivity index (χ1v) is 8.43. The van der Waals surface area contributed by atoms with Gasteiger partial charge in [0.1, 0.15) is 11.9 Å². The van der Waals surface area contributed by atoms with Crippen molar-refractivity contribution >= 4 is 17.5 Å². The Morgan fingerprint density at radius 1 is 1.29 bits per heavy atom. The van der Waals surface area contributed by atoms with Gasteiger partial charge in [-0.1, -0.05) is 11.6 Å². The number of aromatic hydroxyl groups is 1. The maximum atomic E-state index is 12.6. The number of carbonyl (C=O) groups excluding carboxylic acids is 1. The first kappa shape index (κ1) is 15.5. The fourth-order valence-corrected chi connectivity index (χ4v) is 3.28. The van der Waals surface area contributed by atoms with E-state index < -0.39 is 6.10 Å². The molecule has 1 aliphatic carbocycles. The molecule has 2 aromatic rings. The molecule has 0 spiro atoms. The lowest BCUT2D eigenvalue weighted by molar-refractivity contribution is 0.0702. The monoisotopic (exact) mass is 347 g/mol. The normalized spacial score (nSPS) is 18.3. The number of phenols is 1. The second-order valence-electron chi connectivity index (χ2n) is 6.45. The van der Waals surface area contributed by atoms with Crippen molar-refractivity contribution in [3.8, 4) is 5.75 Å². The molecule has 24 heavy (non-hydrogen) atoms. The molecule has 4 rings (SSSR count). The fourth-order valence-electron chi connectivity index (χ4n) is 3.12. The van der Waals surface area contributed by atoms with Crippen molar-refractivity contribution in [1.29, 1.82) is 0 Å². The first-order chi connectivity index (χ1) is 11.5. The number of carbonyl (C=O) groups is 1. The average molecular weight is 348 g/mol. The number of phenolic OH excluding ortho intramolecular Hbond substituents is 1. The van der Waals surface area contributed by atoms with Gasteiger partial charge in [-0.15, -0.1) is 0 Å². The zero-order chi connectivity index (χ0) is 16.8. The second kappa shape index (κ2) is 5.79. The molecule has 2 heterocycles. The van der Waals surface area contributed by atoms with Crippen molar-refractivity contribution < 1.29 is 15.0 Å². The van der Waals surface area contributed by atoms with Gasteiger partial charge in [0.2, 0.25) is 0 Å². The van der Waals surface area contributed by atoms with Gasteiger partial charge in [0.15, 0.2) is 0 Å². The highest BCUT2D eigenvalue weighted by atomic mass is 35.5. The molecule has 7 heteroatoms. The molecule has 0 bridgehead atoms. The molecule has 2 N–H and O–H groups in total. The maximum absolute atomic E-state index is 12.6. The van der Waals surface area contributed by atoms with Crippen LogP contribution in [0, 0.1) is 5.92 Å². The van der Waals surface area contributed by atoms with E-state index in [9.17, 15) is 15.0 Å². The van der Waals surface area contributed by atoms with Gasteiger partial charge in [-0.3, -0.25) is 9.48 Å². The van der Waals surface area contributed by atoms with Crippen LogP contribution in [0.1, 0.15) is 40.7 Å². The molecule has 126 valence electrons. The van der Waals surface area contributed by atoms with Crippen LogP contribution in [0.25, 0.3) is 0 Å². The summed E-state index contributed by atoms with van der Waals surface area (Å²) in [6.07, 6.45) is 1.58. The molecule has 1 aromatic heterocycles. The van der Waals surface area contributed by atoms with E-state index in [1.165, 1.54) is 12.1 Å². The van der Waals surface area contributed by atoms with Gasteiger partial charge < -0.3 is 15.1 Å². The molecule has 1 aromatic carbocycles. The van der Waals surface area contributed by atoms with Crippen LogP contribution in [-0.2, 0) is 13.1 Å². The van der Waals surface area contributed by atoms with Gasteiger partial charge in [0.25, 0.3) is 5.91 Å². The van der Waals surface area contributed by atoms with Crippen molar-refractivity contribution in [2.45, 2.75) is 32.0 Å².